The molecule has 38 heavy (non-hydrogen) atoms. The van der Waals surface area contributed by atoms with Gasteiger partial charge in [0.25, 0.3) is 11.8 Å². The average molecular weight is 520 g/mol. The third-order valence-electron chi connectivity index (χ3n) is 6.65. The number of carbonyl (C=O) groups excluding carboxylic acids is 3. The van der Waals surface area contributed by atoms with Gasteiger partial charge < -0.3 is 25.4 Å². The van der Waals surface area contributed by atoms with Gasteiger partial charge in [0.15, 0.2) is 6.29 Å². The molecule has 5 rings (SSSR count). The van der Waals surface area contributed by atoms with Crippen LogP contribution >= 0.6 is 0 Å². The van der Waals surface area contributed by atoms with Gasteiger partial charge in [0, 0.05) is 12.6 Å². The molecule has 3 amide bonds. The van der Waals surface area contributed by atoms with E-state index in [9.17, 15) is 34.5 Å². The third kappa shape index (κ3) is 4.50. The molecule has 5 atom stereocenters. The van der Waals surface area contributed by atoms with E-state index in [1.807, 2.05) is 0 Å². The van der Waals surface area contributed by atoms with E-state index in [1.54, 1.807) is 42.5 Å². The Kier molecular flexibility index (Phi) is 6.87. The molecule has 196 valence electrons. The molecular formula is C26H24N4O8. The van der Waals surface area contributed by atoms with E-state index in [-0.39, 0.29) is 23.4 Å². The first-order valence-corrected chi connectivity index (χ1v) is 11.8. The highest BCUT2D eigenvalue weighted by atomic mass is 16.6. The van der Waals surface area contributed by atoms with E-state index in [2.05, 4.69) is 10.3 Å². The lowest BCUT2D eigenvalue weighted by Crippen LogP contribution is -2.48. The molecule has 12 heteroatoms. The van der Waals surface area contributed by atoms with Crippen LogP contribution in [0, 0.1) is 5.92 Å². The van der Waals surface area contributed by atoms with Crippen molar-refractivity contribution >= 4 is 23.5 Å². The predicted molar refractivity (Wildman–Crippen MR) is 131 cm³/mol. The number of rotatable bonds is 7. The van der Waals surface area contributed by atoms with Crippen LogP contribution in [0.3, 0.4) is 0 Å². The van der Waals surface area contributed by atoms with Gasteiger partial charge in [-0.2, -0.15) is 4.98 Å². The maximum Gasteiger partial charge on any atom is 0.351 e. The van der Waals surface area contributed by atoms with E-state index in [4.69, 9.17) is 4.74 Å². The number of anilines is 1. The van der Waals surface area contributed by atoms with Gasteiger partial charge in [-0.15, -0.1) is 0 Å². The van der Waals surface area contributed by atoms with Crippen molar-refractivity contribution in [3.8, 4) is 0 Å². The maximum absolute atomic E-state index is 13.5. The first kappa shape index (κ1) is 25.4. The fraction of sp³-hybridized carbons (Fsp3) is 0.269. The summed E-state index contributed by atoms with van der Waals surface area (Å²) in [5.41, 5.74) is 0.220. The van der Waals surface area contributed by atoms with Crippen LogP contribution in [0.4, 0.5) is 5.82 Å². The van der Waals surface area contributed by atoms with Gasteiger partial charge in [-0.3, -0.25) is 23.9 Å². The zero-order chi connectivity index (χ0) is 27.0. The largest absolute Gasteiger partial charge is 0.396 e. The highest BCUT2D eigenvalue weighted by Gasteiger charge is 2.45. The van der Waals surface area contributed by atoms with E-state index in [1.165, 1.54) is 24.4 Å². The van der Waals surface area contributed by atoms with Crippen LogP contribution in [0.15, 0.2) is 71.7 Å². The Morgan fingerprint density at radius 1 is 0.974 bits per heavy atom. The number of aliphatic hydroxyl groups excluding tert-OH is 3. The molecule has 0 unspecified atom stereocenters. The number of amides is 3. The van der Waals surface area contributed by atoms with Crippen LogP contribution in [-0.2, 0) is 16.0 Å². The second kappa shape index (κ2) is 10.3. The van der Waals surface area contributed by atoms with Crippen molar-refractivity contribution in [3.63, 3.8) is 0 Å². The minimum atomic E-state index is -1.60. The second-order valence-corrected chi connectivity index (χ2v) is 8.98. The molecule has 0 radical (unpaired) electrons. The Hall–Kier alpha value is -4.23. The monoisotopic (exact) mass is 520 g/mol. The van der Waals surface area contributed by atoms with Gasteiger partial charge in [0.2, 0.25) is 5.91 Å². The zero-order valence-electron chi connectivity index (χ0n) is 19.9. The van der Waals surface area contributed by atoms with Crippen LogP contribution in [0.25, 0.3) is 0 Å². The number of hydrogen-bond donors (Lipinski definition) is 4. The molecule has 0 aliphatic carbocycles. The highest BCUT2D eigenvalue weighted by Crippen LogP contribution is 2.32. The van der Waals surface area contributed by atoms with Crippen LogP contribution in [0.1, 0.15) is 32.5 Å². The average Bonchev–Trinajstić information content (AvgIpc) is 3.34. The maximum atomic E-state index is 13.5. The summed E-state index contributed by atoms with van der Waals surface area (Å²) in [7, 11) is 0. The predicted octanol–water partition coefficient (Wildman–Crippen LogP) is -0.0941. The molecule has 1 saturated heterocycles. The molecule has 0 bridgehead atoms. The Morgan fingerprint density at radius 3 is 2.21 bits per heavy atom. The van der Waals surface area contributed by atoms with Crippen molar-refractivity contribution in [2.75, 3.05) is 11.9 Å². The summed E-state index contributed by atoms with van der Waals surface area (Å²) in [6.07, 6.45) is -2.92. The lowest BCUT2D eigenvalue weighted by molar-refractivity contribution is -0.142. The molecule has 3 heterocycles. The van der Waals surface area contributed by atoms with E-state index in [0.717, 1.165) is 9.47 Å². The minimum absolute atomic E-state index is 0.0269. The van der Waals surface area contributed by atoms with Crippen molar-refractivity contribution in [2.24, 2.45) is 5.92 Å². The number of hydrogen-bond acceptors (Lipinski definition) is 9. The summed E-state index contributed by atoms with van der Waals surface area (Å²) in [5.74, 6) is -3.06. The van der Waals surface area contributed by atoms with Crippen LogP contribution in [-0.4, -0.2) is 72.5 Å². The molecular weight excluding hydrogens is 496 g/mol. The Labute approximate surface area is 215 Å². The van der Waals surface area contributed by atoms with E-state index < -0.39 is 60.6 Å². The van der Waals surface area contributed by atoms with E-state index >= 15 is 0 Å². The SMILES string of the molecule is O=C(Nc1ccn([C@@H]2O[C@H](O)[C@@H](O)[C@@H]2CO)c(=O)n1)[C@H](Cc1ccccc1)N1C(=O)c2ccccc2C1=O. The number of carbonyl (C=O) groups is 3. The van der Waals surface area contributed by atoms with Gasteiger partial charge in [-0.1, -0.05) is 42.5 Å². The Balaban J connectivity index is 1.42. The molecule has 1 fully saturated rings. The summed E-state index contributed by atoms with van der Waals surface area (Å²) in [4.78, 5) is 57.2. The summed E-state index contributed by atoms with van der Waals surface area (Å²) < 4.78 is 6.16. The number of nitrogens with zero attached hydrogens (tertiary/aromatic N) is 3. The number of fused-ring (bicyclic) bond motifs is 1. The Morgan fingerprint density at radius 2 is 1.61 bits per heavy atom. The quantitative estimate of drug-likeness (QED) is 0.311. The fourth-order valence-electron chi connectivity index (χ4n) is 4.69. The summed E-state index contributed by atoms with van der Waals surface area (Å²) in [6, 6.07) is 15.2. The topological polar surface area (TPSA) is 171 Å². The molecule has 0 spiro atoms. The summed E-state index contributed by atoms with van der Waals surface area (Å²) in [6.45, 7) is -0.560. The van der Waals surface area contributed by atoms with Gasteiger partial charge in [0.05, 0.1) is 23.7 Å². The number of benzene rings is 2. The van der Waals surface area contributed by atoms with Gasteiger partial charge >= 0.3 is 5.69 Å². The van der Waals surface area contributed by atoms with Crippen molar-refractivity contribution in [3.05, 3.63) is 94.0 Å². The first-order chi connectivity index (χ1) is 18.3. The van der Waals surface area contributed by atoms with Crippen molar-refractivity contribution in [1.82, 2.24) is 14.5 Å². The molecule has 1 aromatic heterocycles. The van der Waals surface area contributed by atoms with Crippen LogP contribution in [0.5, 0.6) is 0 Å². The smallest absolute Gasteiger partial charge is 0.351 e. The van der Waals surface area contributed by atoms with Gasteiger partial charge in [-0.25, -0.2) is 4.79 Å². The molecule has 0 saturated carbocycles. The molecule has 2 aliphatic heterocycles. The zero-order valence-corrected chi connectivity index (χ0v) is 19.9. The lowest BCUT2D eigenvalue weighted by atomic mass is 10.0. The normalized spacial score (nSPS) is 23.4. The number of aromatic nitrogens is 2. The molecule has 2 aromatic carbocycles. The second-order valence-electron chi connectivity index (χ2n) is 8.98. The van der Waals surface area contributed by atoms with E-state index in [0.29, 0.717) is 5.56 Å². The summed E-state index contributed by atoms with van der Waals surface area (Å²) >= 11 is 0. The summed E-state index contributed by atoms with van der Waals surface area (Å²) in [5, 5.41) is 31.8. The van der Waals surface area contributed by atoms with Crippen molar-refractivity contribution < 1.29 is 34.4 Å². The highest BCUT2D eigenvalue weighted by molar-refractivity contribution is 6.23. The number of aliphatic hydroxyl groups is 3. The lowest BCUT2D eigenvalue weighted by Gasteiger charge is -2.25. The molecule has 2 aliphatic rings. The Bertz CT molecular complexity index is 1410. The van der Waals surface area contributed by atoms with Crippen molar-refractivity contribution in [1.29, 1.82) is 0 Å². The van der Waals surface area contributed by atoms with Crippen LogP contribution < -0.4 is 11.0 Å². The number of ether oxygens (including phenoxy) is 1. The first-order valence-electron chi connectivity index (χ1n) is 11.8. The van der Waals surface area contributed by atoms with Crippen LogP contribution in [0.2, 0.25) is 0 Å². The minimum Gasteiger partial charge on any atom is -0.396 e. The molecule has 4 N–H and O–H groups in total. The van der Waals surface area contributed by atoms with Crippen molar-refractivity contribution in [2.45, 2.75) is 31.1 Å². The standard InChI is InChI=1S/C26H24N4O8/c31-13-17-20(32)25(36)38-24(17)29-11-10-19(28-26(29)37)27-21(33)18(12-14-6-2-1-3-7-14)30-22(34)15-8-4-5-9-16(15)23(30)35/h1-11,17-18,20,24-25,31-32,36H,12-13H2,(H,27,28,33,37)/t17-,18-,20-,24+,25-/m0/s1. The molecule has 12 nitrogen and oxygen atoms in total. The third-order valence-corrected chi connectivity index (χ3v) is 6.65. The molecule has 3 aromatic rings. The fourth-order valence-corrected chi connectivity index (χ4v) is 4.69. The van der Waals surface area contributed by atoms with Gasteiger partial charge in [0.1, 0.15) is 24.2 Å². The number of nitrogens with one attached hydrogen (secondary N) is 1. The number of imide groups is 1. The van der Waals surface area contributed by atoms with Gasteiger partial charge in [-0.05, 0) is 23.8 Å².